The first-order valence-corrected chi connectivity index (χ1v) is 13.1. The third-order valence-electron chi connectivity index (χ3n) is 7.36. The smallest absolute Gasteiger partial charge is 0.276 e. The van der Waals surface area contributed by atoms with Crippen molar-refractivity contribution in [3.63, 3.8) is 0 Å². The summed E-state index contributed by atoms with van der Waals surface area (Å²) in [6, 6.07) is 22.5. The molecule has 4 heterocycles. The fourth-order valence-corrected chi connectivity index (χ4v) is 6.00. The molecule has 2 amide bonds. The summed E-state index contributed by atoms with van der Waals surface area (Å²) in [6.45, 7) is 1.15. The van der Waals surface area contributed by atoms with Crippen LogP contribution in [0.25, 0.3) is 21.8 Å². The van der Waals surface area contributed by atoms with Gasteiger partial charge in [-0.2, -0.15) is 0 Å². The van der Waals surface area contributed by atoms with Crippen LogP contribution in [0.5, 0.6) is 0 Å². The molecule has 0 saturated heterocycles. The Labute approximate surface area is 228 Å². The Bertz CT molecular complexity index is 1690. The molecule has 5 aromatic rings. The van der Waals surface area contributed by atoms with E-state index in [1.165, 1.54) is 0 Å². The number of benzene rings is 3. The lowest BCUT2D eigenvalue weighted by molar-refractivity contribution is 0.0977. The summed E-state index contributed by atoms with van der Waals surface area (Å²) < 4.78 is 0. The Hall–Kier alpha value is -4.00. The maximum absolute atomic E-state index is 13.6. The van der Waals surface area contributed by atoms with E-state index in [4.69, 9.17) is 33.2 Å². The van der Waals surface area contributed by atoms with E-state index >= 15 is 0 Å². The van der Waals surface area contributed by atoms with Gasteiger partial charge < -0.3 is 9.80 Å². The molecule has 38 heavy (non-hydrogen) atoms. The summed E-state index contributed by atoms with van der Waals surface area (Å²) >= 11 is 13.3. The van der Waals surface area contributed by atoms with Gasteiger partial charge in [-0.05, 0) is 48.2 Å². The van der Waals surface area contributed by atoms with E-state index in [9.17, 15) is 9.59 Å². The van der Waals surface area contributed by atoms with Gasteiger partial charge in [-0.15, -0.1) is 0 Å². The third kappa shape index (κ3) is 3.56. The molecule has 7 rings (SSSR count). The minimum atomic E-state index is -0.234. The first-order chi connectivity index (χ1) is 18.5. The second-order valence-corrected chi connectivity index (χ2v) is 10.3. The number of aromatic nitrogens is 2. The molecule has 2 aromatic heterocycles. The van der Waals surface area contributed by atoms with Crippen LogP contribution >= 0.6 is 23.2 Å². The summed E-state index contributed by atoms with van der Waals surface area (Å²) in [5.41, 5.74) is 5.32. The summed E-state index contributed by atoms with van der Waals surface area (Å²) in [4.78, 5) is 40.1. The molecule has 0 bridgehead atoms. The number of amides is 2. The van der Waals surface area contributed by atoms with E-state index in [1.807, 2.05) is 60.7 Å². The van der Waals surface area contributed by atoms with E-state index in [-0.39, 0.29) is 23.2 Å². The predicted molar refractivity (Wildman–Crippen MR) is 151 cm³/mol. The maximum Gasteiger partial charge on any atom is 0.276 e. The zero-order valence-electron chi connectivity index (χ0n) is 20.1. The van der Waals surface area contributed by atoms with Gasteiger partial charge in [0, 0.05) is 35.2 Å². The molecule has 2 aliphatic heterocycles. The number of hydrogen-bond acceptors (Lipinski definition) is 4. The lowest BCUT2D eigenvalue weighted by Gasteiger charge is -2.18. The van der Waals surface area contributed by atoms with Gasteiger partial charge in [0.25, 0.3) is 11.8 Å². The van der Waals surface area contributed by atoms with Gasteiger partial charge >= 0.3 is 0 Å². The standard InChI is InChI=1S/C30H20Cl2N4O2/c31-21-15-23(29(37)35-13-11-17-5-1-3-7-25(17)35)33-27-19(21)9-10-20-22(32)16-24(34-28(20)27)30(38)36-14-12-18-6-2-4-8-26(18)36/h1-10,15-16H,11-14H2. The van der Waals surface area contributed by atoms with Crippen LogP contribution in [0.3, 0.4) is 0 Å². The second kappa shape index (κ2) is 8.79. The van der Waals surface area contributed by atoms with Crippen molar-refractivity contribution in [2.45, 2.75) is 12.8 Å². The highest BCUT2D eigenvalue weighted by molar-refractivity contribution is 6.39. The Morgan fingerprint density at radius 2 is 1.05 bits per heavy atom. The van der Waals surface area contributed by atoms with Crippen molar-refractivity contribution in [3.05, 3.63) is 105 Å². The molecule has 0 unspecified atom stereocenters. The molecule has 186 valence electrons. The van der Waals surface area contributed by atoms with Gasteiger partial charge in [-0.3, -0.25) is 9.59 Å². The molecular formula is C30H20Cl2N4O2. The van der Waals surface area contributed by atoms with Crippen LogP contribution in [0, 0.1) is 0 Å². The lowest BCUT2D eigenvalue weighted by atomic mass is 10.1. The number of para-hydroxylation sites is 2. The number of pyridine rings is 2. The van der Waals surface area contributed by atoms with Crippen LogP contribution in [-0.2, 0) is 12.8 Å². The van der Waals surface area contributed by atoms with E-state index in [2.05, 4.69) is 0 Å². The van der Waals surface area contributed by atoms with Crippen molar-refractivity contribution in [2.75, 3.05) is 22.9 Å². The molecule has 0 radical (unpaired) electrons. The van der Waals surface area contributed by atoms with Gasteiger partial charge in [-0.25, -0.2) is 9.97 Å². The number of halogens is 2. The van der Waals surface area contributed by atoms with Crippen molar-refractivity contribution < 1.29 is 9.59 Å². The average Bonchev–Trinajstić information content (AvgIpc) is 3.57. The number of rotatable bonds is 2. The average molecular weight is 539 g/mol. The van der Waals surface area contributed by atoms with Crippen LogP contribution in [0.2, 0.25) is 10.0 Å². The molecule has 0 saturated carbocycles. The van der Waals surface area contributed by atoms with Crippen LogP contribution in [0.1, 0.15) is 32.1 Å². The zero-order valence-corrected chi connectivity index (χ0v) is 21.6. The molecule has 3 aromatic carbocycles. The Kier molecular flexibility index (Phi) is 5.35. The Morgan fingerprint density at radius 1 is 0.632 bits per heavy atom. The molecule has 2 aliphatic rings. The number of anilines is 2. The normalized spacial score (nSPS) is 14.3. The first kappa shape index (κ1) is 23.1. The van der Waals surface area contributed by atoms with Crippen molar-refractivity contribution in [3.8, 4) is 0 Å². The molecule has 0 aliphatic carbocycles. The maximum atomic E-state index is 13.6. The minimum absolute atomic E-state index is 0.217. The summed E-state index contributed by atoms with van der Waals surface area (Å²) in [5.74, 6) is -0.467. The van der Waals surface area contributed by atoms with Crippen molar-refractivity contribution in [2.24, 2.45) is 0 Å². The highest BCUT2D eigenvalue weighted by Gasteiger charge is 2.29. The van der Waals surface area contributed by atoms with Gasteiger partial charge in [0.1, 0.15) is 11.4 Å². The molecule has 0 atom stereocenters. The fraction of sp³-hybridized carbons (Fsp3) is 0.133. The summed E-state index contributed by atoms with van der Waals surface area (Å²) in [6.07, 6.45) is 1.57. The second-order valence-electron chi connectivity index (χ2n) is 9.51. The molecule has 0 spiro atoms. The van der Waals surface area contributed by atoms with Crippen molar-refractivity contribution >= 4 is 68.2 Å². The van der Waals surface area contributed by atoms with Gasteiger partial charge in [0.05, 0.1) is 21.1 Å². The molecule has 0 fully saturated rings. The Balaban J connectivity index is 1.35. The van der Waals surface area contributed by atoms with Gasteiger partial charge in [0.2, 0.25) is 0 Å². The monoisotopic (exact) mass is 538 g/mol. The van der Waals surface area contributed by atoms with Crippen LogP contribution in [0.4, 0.5) is 11.4 Å². The SMILES string of the molecule is O=C(c1cc(Cl)c2ccc3c(Cl)cc(C(=O)N4CCc5ccccc54)nc3c2n1)N1CCc2ccccc21. The molecule has 8 heteroatoms. The molecule has 0 N–H and O–H groups in total. The lowest BCUT2D eigenvalue weighted by Crippen LogP contribution is -2.30. The fourth-order valence-electron chi connectivity index (χ4n) is 5.49. The van der Waals surface area contributed by atoms with Crippen LogP contribution < -0.4 is 9.80 Å². The highest BCUT2D eigenvalue weighted by atomic mass is 35.5. The largest absolute Gasteiger partial charge is 0.306 e. The van der Waals surface area contributed by atoms with E-state index < -0.39 is 0 Å². The highest BCUT2D eigenvalue weighted by Crippen LogP contribution is 2.35. The molecular weight excluding hydrogens is 519 g/mol. The van der Waals surface area contributed by atoms with E-state index in [0.717, 1.165) is 35.3 Å². The van der Waals surface area contributed by atoms with Crippen molar-refractivity contribution in [1.29, 1.82) is 0 Å². The van der Waals surface area contributed by atoms with Crippen LogP contribution in [0.15, 0.2) is 72.8 Å². The number of hydrogen-bond donors (Lipinski definition) is 0. The number of carbonyl (C=O) groups is 2. The Morgan fingerprint density at radius 3 is 1.50 bits per heavy atom. The van der Waals surface area contributed by atoms with Gasteiger partial charge in [-0.1, -0.05) is 71.7 Å². The van der Waals surface area contributed by atoms with Gasteiger partial charge in [0.15, 0.2) is 0 Å². The van der Waals surface area contributed by atoms with E-state index in [0.29, 0.717) is 44.9 Å². The minimum Gasteiger partial charge on any atom is -0.306 e. The summed E-state index contributed by atoms with van der Waals surface area (Å²) in [7, 11) is 0. The summed E-state index contributed by atoms with van der Waals surface area (Å²) in [5, 5.41) is 2.04. The topological polar surface area (TPSA) is 66.4 Å². The predicted octanol–water partition coefficient (Wildman–Crippen LogP) is 6.50. The number of fused-ring (bicyclic) bond motifs is 5. The number of nitrogens with zero attached hydrogens (tertiary/aromatic N) is 4. The van der Waals surface area contributed by atoms with Crippen LogP contribution in [-0.4, -0.2) is 34.9 Å². The number of carbonyl (C=O) groups excluding carboxylic acids is 2. The third-order valence-corrected chi connectivity index (χ3v) is 7.99. The first-order valence-electron chi connectivity index (χ1n) is 12.4. The van der Waals surface area contributed by atoms with Crippen molar-refractivity contribution in [1.82, 2.24) is 9.97 Å². The quantitative estimate of drug-likeness (QED) is 0.241. The zero-order chi connectivity index (χ0) is 26.0. The molecule has 6 nitrogen and oxygen atoms in total. The van der Waals surface area contributed by atoms with E-state index in [1.54, 1.807) is 21.9 Å².